The molecule has 0 spiro atoms. The van der Waals surface area contributed by atoms with E-state index in [2.05, 4.69) is 15.9 Å². The summed E-state index contributed by atoms with van der Waals surface area (Å²) >= 11 is 10.1. The Morgan fingerprint density at radius 2 is 1.92 bits per heavy atom. The van der Waals surface area contributed by atoms with Gasteiger partial charge in [0.1, 0.15) is 5.75 Å². The lowest BCUT2D eigenvalue weighted by atomic mass is 10.1. The fourth-order valence-corrected chi connectivity index (χ4v) is 4.31. The Balaban J connectivity index is 1.70. The van der Waals surface area contributed by atoms with E-state index in [4.69, 9.17) is 11.6 Å². The van der Waals surface area contributed by atoms with E-state index in [0.29, 0.717) is 28.0 Å². The third-order valence-electron chi connectivity index (χ3n) is 3.91. The molecule has 0 radical (unpaired) electrons. The van der Waals surface area contributed by atoms with Crippen LogP contribution in [-0.4, -0.2) is 27.7 Å². The summed E-state index contributed by atoms with van der Waals surface area (Å²) in [6, 6.07) is 13.0. The maximum Gasteiger partial charge on any atom is 0.293 e. The number of rotatable bonds is 5. The van der Waals surface area contributed by atoms with Crippen molar-refractivity contribution in [3.05, 3.63) is 68.0 Å². The van der Waals surface area contributed by atoms with Gasteiger partial charge in [-0.2, -0.15) is 0 Å². The van der Waals surface area contributed by atoms with E-state index >= 15 is 0 Å². The van der Waals surface area contributed by atoms with Gasteiger partial charge in [0.2, 0.25) is 0 Å². The summed E-state index contributed by atoms with van der Waals surface area (Å²) in [7, 11) is 0. The molecule has 1 fully saturated rings. The van der Waals surface area contributed by atoms with Crippen molar-refractivity contribution in [2.24, 2.45) is 0 Å². The van der Waals surface area contributed by atoms with Crippen molar-refractivity contribution < 1.29 is 14.7 Å². The fraction of sp³-hybridized carbons (Fsp3) is 0.158. The van der Waals surface area contributed by atoms with Crippen LogP contribution in [-0.2, 0) is 11.2 Å². The molecule has 0 aliphatic carbocycles. The van der Waals surface area contributed by atoms with E-state index in [-0.39, 0.29) is 21.8 Å². The monoisotopic (exact) mass is 451 g/mol. The number of phenolic OH excluding ortho intramolecular Hbond substituents is 1. The fourth-order valence-electron chi connectivity index (χ4n) is 2.62. The quantitative estimate of drug-likeness (QED) is 0.611. The molecule has 134 valence electrons. The number of phenols is 1. The summed E-state index contributed by atoms with van der Waals surface area (Å²) in [5.74, 6) is -0.367. The lowest BCUT2D eigenvalue weighted by Crippen LogP contribution is -2.29. The second-order valence-corrected chi connectivity index (χ2v) is 8.03. The molecule has 7 heteroatoms. The van der Waals surface area contributed by atoms with Crippen LogP contribution in [0.2, 0.25) is 5.02 Å². The predicted molar refractivity (Wildman–Crippen MR) is 108 cm³/mol. The Morgan fingerprint density at radius 1 is 1.19 bits per heavy atom. The van der Waals surface area contributed by atoms with E-state index in [1.807, 2.05) is 30.3 Å². The van der Waals surface area contributed by atoms with E-state index in [0.717, 1.165) is 18.2 Å². The Hall–Kier alpha value is -1.76. The van der Waals surface area contributed by atoms with Crippen molar-refractivity contribution in [2.45, 2.75) is 12.8 Å². The van der Waals surface area contributed by atoms with Crippen LogP contribution < -0.4 is 0 Å². The van der Waals surface area contributed by atoms with Crippen molar-refractivity contribution in [3.63, 3.8) is 0 Å². The summed E-state index contributed by atoms with van der Waals surface area (Å²) < 4.78 is 0.429. The van der Waals surface area contributed by atoms with Crippen molar-refractivity contribution in [2.75, 3.05) is 6.54 Å². The molecule has 1 heterocycles. The maximum atomic E-state index is 12.5. The first-order valence-corrected chi connectivity index (χ1v) is 9.92. The normalized spacial score (nSPS) is 15.9. The Kier molecular flexibility index (Phi) is 6.06. The maximum absolute atomic E-state index is 12.5. The van der Waals surface area contributed by atoms with Gasteiger partial charge in [-0.05, 0) is 64.3 Å². The van der Waals surface area contributed by atoms with Gasteiger partial charge in [-0.25, -0.2) is 0 Å². The molecule has 2 aromatic rings. The second kappa shape index (κ2) is 8.29. The third kappa shape index (κ3) is 4.31. The molecule has 0 atom stereocenters. The minimum Gasteiger partial charge on any atom is -0.506 e. The SMILES string of the molecule is O=C1S/C(=C/c2cc(Cl)cc(Br)c2O)C(=O)N1CCCc1ccccc1. The summed E-state index contributed by atoms with van der Waals surface area (Å²) in [5.41, 5.74) is 1.56. The zero-order chi connectivity index (χ0) is 18.7. The van der Waals surface area contributed by atoms with E-state index in [1.165, 1.54) is 16.5 Å². The van der Waals surface area contributed by atoms with Crippen molar-refractivity contribution in [1.29, 1.82) is 0 Å². The van der Waals surface area contributed by atoms with Crippen LogP contribution in [0.5, 0.6) is 5.75 Å². The molecule has 4 nitrogen and oxygen atoms in total. The molecule has 26 heavy (non-hydrogen) atoms. The standard InChI is InChI=1S/C19H15BrClNO3S/c20-15-11-14(21)9-13(17(15)23)10-16-18(24)22(19(25)26-16)8-4-7-12-5-2-1-3-6-12/h1-3,5-6,9-11,23H,4,7-8H2/b16-10+. The second-order valence-electron chi connectivity index (χ2n) is 5.75. The highest BCUT2D eigenvalue weighted by molar-refractivity contribution is 9.10. The molecule has 1 N–H and O–H groups in total. The summed E-state index contributed by atoms with van der Waals surface area (Å²) in [6.45, 7) is 0.363. The van der Waals surface area contributed by atoms with E-state index < -0.39 is 0 Å². The summed E-state index contributed by atoms with van der Waals surface area (Å²) in [4.78, 5) is 26.2. The zero-order valence-electron chi connectivity index (χ0n) is 13.6. The van der Waals surface area contributed by atoms with Crippen LogP contribution >= 0.6 is 39.3 Å². The summed E-state index contributed by atoms with van der Waals surface area (Å²) in [6.07, 6.45) is 2.99. The van der Waals surface area contributed by atoms with Crippen molar-refractivity contribution >= 4 is 56.5 Å². The Labute approximate surface area is 169 Å². The average Bonchev–Trinajstić information content (AvgIpc) is 2.87. The topological polar surface area (TPSA) is 57.6 Å². The number of nitrogens with zero attached hydrogens (tertiary/aromatic N) is 1. The lowest BCUT2D eigenvalue weighted by molar-refractivity contribution is -0.122. The first-order valence-electron chi connectivity index (χ1n) is 7.93. The van der Waals surface area contributed by atoms with Gasteiger partial charge in [0.25, 0.3) is 11.1 Å². The molecule has 1 aliphatic rings. The highest BCUT2D eigenvalue weighted by atomic mass is 79.9. The number of benzene rings is 2. The molecule has 0 unspecified atom stereocenters. The number of carbonyl (C=O) groups excluding carboxylic acids is 2. The van der Waals surface area contributed by atoms with Gasteiger partial charge in [0, 0.05) is 17.1 Å². The van der Waals surface area contributed by atoms with Gasteiger partial charge < -0.3 is 5.11 Å². The van der Waals surface area contributed by atoms with Gasteiger partial charge in [0.15, 0.2) is 0 Å². The van der Waals surface area contributed by atoms with Gasteiger partial charge in [-0.1, -0.05) is 41.9 Å². The molecule has 2 amide bonds. The first kappa shape index (κ1) is 19.0. The minimum atomic E-state index is -0.344. The van der Waals surface area contributed by atoms with Crippen LogP contribution in [0.25, 0.3) is 6.08 Å². The molecular formula is C19H15BrClNO3S. The smallest absolute Gasteiger partial charge is 0.293 e. The van der Waals surface area contributed by atoms with Gasteiger partial charge in [-0.3, -0.25) is 14.5 Å². The number of thioether (sulfide) groups is 1. The van der Waals surface area contributed by atoms with Gasteiger partial charge in [0.05, 0.1) is 9.38 Å². The molecule has 0 aromatic heterocycles. The highest BCUT2D eigenvalue weighted by Gasteiger charge is 2.34. The molecule has 2 aromatic carbocycles. The van der Waals surface area contributed by atoms with Crippen LogP contribution in [0.3, 0.4) is 0 Å². The van der Waals surface area contributed by atoms with Crippen LogP contribution in [0, 0.1) is 0 Å². The molecule has 1 aliphatic heterocycles. The van der Waals surface area contributed by atoms with Crippen molar-refractivity contribution in [3.8, 4) is 5.75 Å². The predicted octanol–water partition coefficient (Wildman–Crippen LogP) is 5.48. The lowest BCUT2D eigenvalue weighted by Gasteiger charge is -2.12. The number of hydrogen-bond donors (Lipinski definition) is 1. The Morgan fingerprint density at radius 3 is 2.65 bits per heavy atom. The summed E-state index contributed by atoms with van der Waals surface area (Å²) in [5, 5.41) is 10.2. The molecule has 3 rings (SSSR count). The minimum absolute atomic E-state index is 0.0229. The zero-order valence-corrected chi connectivity index (χ0v) is 16.8. The van der Waals surface area contributed by atoms with E-state index in [9.17, 15) is 14.7 Å². The largest absolute Gasteiger partial charge is 0.506 e. The number of aryl methyl sites for hydroxylation is 1. The number of amides is 2. The van der Waals surface area contributed by atoms with Crippen LogP contribution in [0.15, 0.2) is 51.8 Å². The van der Waals surface area contributed by atoms with Crippen LogP contribution in [0.1, 0.15) is 17.5 Å². The molecule has 0 saturated carbocycles. The molecule has 1 saturated heterocycles. The van der Waals surface area contributed by atoms with Gasteiger partial charge in [-0.15, -0.1) is 0 Å². The third-order valence-corrected chi connectivity index (χ3v) is 5.64. The molecular weight excluding hydrogens is 438 g/mol. The number of aromatic hydroxyl groups is 1. The first-order chi connectivity index (χ1) is 12.5. The number of imide groups is 1. The number of halogens is 2. The average molecular weight is 453 g/mol. The van der Waals surface area contributed by atoms with Crippen LogP contribution in [0.4, 0.5) is 4.79 Å². The number of hydrogen-bond acceptors (Lipinski definition) is 4. The van der Waals surface area contributed by atoms with Gasteiger partial charge >= 0.3 is 0 Å². The van der Waals surface area contributed by atoms with Crippen molar-refractivity contribution in [1.82, 2.24) is 4.90 Å². The highest BCUT2D eigenvalue weighted by Crippen LogP contribution is 2.37. The molecule has 0 bridgehead atoms. The number of carbonyl (C=O) groups is 2. The van der Waals surface area contributed by atoms with E-state index in [1.54, 1.807) is 12.1 Å². The Bertz CT molecular complexity index is 886.